The van der Waals surface area contributed by atoms with Crippen molar-refractivity contribution in [1.82, 2.24) is 10.6 Å². The summed E-state index contributed by atoms with van der Waals surface area (Å²) in [6.45, 7) is 2.05. The maximum Gasteiger partial charge on any atom is 0.315 e. The minimum Gasteiger partial charge on any atom is -0.464 e. The molecule has 2 rings (SSSR count). The Labute approximate surface area is 139 Å². The molecule has 1 heterocycles. The molecule has 6 nitrogen and oxygen atoms in total. The molecular weight excluding hydrogens is 313 g/mol. The van der Waals surface area contributed by atoms with Crippen LogP contribution in [0.2, 0.25) is 0 Å². The molecular formula is C17H18FN3O3. The molecule has 1 atom stereocenters. The number of benzene rings is 1. The van der Waals surface area contributed by atoms with Crippen LogP contribution in [0.1, 0.15) is 28.7 Å². The summed E-state index contributed by atoms with van der Waals surface area (Å²) in [5.74, 6) is 0.770. The molecule has 1 unspecified atom stereocenters. The number of aryl methyl sites for hydroxylation is 1. The van der Waals surface area contributed by atoms with Gasteiger partial charge >= 0.3 is 6.03 Å². The lowest BCUT2D eigenvalue weighted by Crippen LogP contribution is -2.39. The third kappa shape index (κ3) is 4.57. The number of halogens is 1. The molecule has 0 bridgehead atoms. The fourth-order valence-corrected chi connectivity index (χ4v) is 2.15. The molecule has 126 valence electrons. The number of nitriles is 1. The Morgan fingerprint density at radius 2 is 2.21 bits per heavy atom. The van der Waals surface area contributed by atoms with Crippen molar-refractivity contribution in [3.8, 4) is 6.07 Å². The van der Waals surface area contributed by atoms with Gasteiger partial charge in [0.15, 0.2) is 0 Å². The summed E-state index contributed by atoms with van der Waals surface area (Å²) in [5, 5.41) is 14.0. The van der Waals surface area contributed by atoms with Crippen LogP contribution in [-0.2, 0) is 11.3 Å². The van der Waals surface area contributed by atoms with E-state index in [0.717, 1.165) is 11.8 Å². The van der Waals surface area contributed by atoms with Gasteiger partial charge in [0.2, 0.25) is 0 Å². The van der Waals surface area contributed by atoms with Gasteiger partial charge in [-0.3, -0.25) is 0 Å². The van der Waals surface area contributed by atoms with E-state index >= 15 is 0 Å². The summed E-state index contributed by atoms with van der Waals surface area (Å²) < 4.78 is 24.4. The average Bonchev–Trinajstić information content (AvgIpc) is 2.99. The Hall–Kier alpha value is -2.85. The lowest BCUT2D eigenvalue weighted by Gasteiger charge is -2.16. The molecule has 1 aromatic heterocycles. The third-order valence-electron chi connectivity index (χ3n) is 3.36. The van der Waals surface area contributed by atoms with Crippen LogP contribution >= 0.6 is 0 Å². The summed E-state index contributed by atoms with van der Waals surface area (Å²) in [6.07, 6.45) is 0. The van der Waals surface area contributed by atoms with E-state index in [2.05, 4.69) is 10.6 Å². The predicted molar refractivity (Wildman–Crippen MR) is 84.5 cm³/mol. The summed E-state index contributed by atoms with van der Waals surface area (Å²) in [6, 6.07) is 8.59. The van der Waals surface area contributed by atoms with Crippen LogP contribution in [-0.4, -0.2) is 19.7 Å². The largest absolute Gasteiger partial charge is 0.464 e. The number of ether oxygens (including phenoxy) is 1. The maximum atomic E-state index is 13.8. The van der Waals surface area contributed by atoms with Crippen LogP contribution in [0.3, 0.4) is 0 Å². The van der Waals surface area contributed by atoms with Crippen molar-refractivity contribution >= 4 is 6.03 Å². The summed E-state index contributed by atoms with van der Waals surface area (Å²) in [7, 11) is 1.52. The number of amides is 2. The first-order valence-electron chi connectivity index (χ1n) is 7.31. The van der Waals surface area contributed by atoms with Gasteiger partial charge in [0.25, 0.3) is 0 Å². The number of urea groups is 1. The molecule has 7 heteroatoms. The number of carbonyl (C=O) groups excluding carboxylic acids is 1. The van der Waals surface area contributed by atoms with Gasteiger partial charge < -0.3 is 19.8 Å². The van der Waals surface area contributed by atoms with Crippen molar-refractivity contribution in [2.75, 3.05) is 13.7 Å². The Morgan fingerprint density at radius 1 is 1.42 bits per heavy atom. The van der Waals surface area contributed by atoms with Crippen LogP contribution in [0, 0.1) is 24.1 Å². The van der Waals surface area contributed by atoms with Gasteiger partial charge in [0.05, 0.1) is 18.2 Å². The standard InChI is InChI=1S/C17H18FN3O3/c1-11-3-6-16(24-11)15(10-23-2)21-17(22)20-9-13-5-4-12(8-19)7-14(13)18/h3-7,15H,9-10H2,1-2H3,(H2,20,21,22). The minimum atomic E-state index is -0.538. The number of hydrogen-bond donors (Lipinski definition) is 2. The van der Waals surface area contributed by atoms with Gasteiger partial charge in [-0.05, 0) is 31.2 Å². The van der Waals surface area contributed by atoms with Gasteiger partial charge in [-0.15, -0.1) is 0 Å². The number of furan rings is 1. The van der Waals surface area contributed by atoms with Crippen LogP contribution in [0.25, 0.3) is 0 Å². The lowest BCUT2D eigenvalue weighted by molar-refractivity contribution is 0.156. The van der Waals surface area contributed by atoms with E-state index in [1.807, 2.05) is 6.07 Å². The third-order valence-corrected chi connectivity index (χ3v) is 3.36. The first-order chi connectivity index (χ1) is 11.5. The Kier molecular flexibility index (Phi) is 5.93. The molecule has 0 aliphatic carbocycles. The van der Waals surface area contributed by atoms with Gasteiger partial charge in [0.1, 0.15) is 23.4 Å². The van der Waals surface area contributed by atoms with E-state index in [9.17, 15) is 9.18 Å². The molecule has 0 radical (unpaired) electrons. The first kappa shape index (κ1) is 17.5. The van der Waals surface area contributed by atoms with Crippen LogP contribution in [0.4, 0.5) is 9.18 Å². The summed E-state index contributed by atoms with van der Waals surface area (Å²) >= 11 is 0. The minimum absolute atomic E-state index is 0.000258. The van der Waals surface area contributed by atoms with Gasteiger partial charge in [0, 0.05) is 19.2 Å². The highest BCUT2D eigenvalue weighted by Crippen LogP contribution is 2.16. The molecule has 24 heavy (non-hydrogen) atoms. The molecule has 1 aromatic carbocycles. The molecule has 0 saturated carbocycles. The predicted octanol–water partition coefficient (Wildman–Crippen LogP) is 2.79. The van der Waals surface area contributed by atoms with Crippen LogP contribution in [0.5, 0.6) is 0 Å². The van der Waals surface area contributed by atoms with E-state index in [-0.39, 0.29) is 18.7 Å². The van der Waals surface area contributed by atoms with Crippen molar-refractivity contribution < 1.29 is 18.3 Å². The summed E-state index contributed by atoms with van der Waals surface area (Å²) in [4.78, 5) is 12.0. The van der Waals surface area contributed by atoms with Crippen LogP contribution < -0.4 is 10.6 Å². The van der Waals surface area contributed by atoms with Crippen molar-refractivity contribution in [3.63, 3.8) is 0 Å². The second kappa shape index (κ2) is 8.13. The highest BCUT2D eigenvalue weighted by atomic mass is 19.1. The Morgan fingerprint density at radius 3 is 2.79 bits per heavy atom. The zero-order valence-electron chi connectivity index (χ0n) is 13.4. The number of hydrogen-bond acceptors (Lipinski definition) is 4. The first-order valence-corrected chi connectivity index (χ1v) is 7.31. The summed E-state index contributed by atoms with van der Waals surface area (Å²) in [5.41, 5.74) is 0.523. The maximum absolute atomic E-state index is 13.8. The van der Waals surface area contributed by atoms with Gasteiger partial charge in [-0.25, -0.2) is 9.18 Å². The molecule has 0 saturated heterocycles. The van der Waals surface area contributed by atoms with E-state index in [0.29, 0.717) is 11.3 Å². The zero-order chi connectivity index (χ0) is 17.5. The quantitative estimate of drug-likeness (QED) is 0.852. The number of nitrogens with zero attached hydrogens (tertiary/aromatic N) is 1. The van der Waals surface area contributed by atoms with E-state index in [4.69, 9.17) is 14.4 Å². The molecule has 0 fully saturated rings. The van der Waals surface area contributed by atoms with Gasteiger partial charge in [-0.2, -0.15) is 5.26 Å². The van der Waals surface area contributed by atoms with Crippen molar-refractivity contribution in [1.29, 1.82) is 5.26 Å². The highest BCUT2D eigenvalue weighted by Gasteiger charge is 2.18. The van der Waals surface area contributed by atoms with E-state index in [1.165, 1.54) is 19.2 Å². The fraction of sp³-hybridized carbons (Fsp3) is 0.294. The second-order valence-corrected chi connectivity index (χ2v) is 5.20. The highest BCUT2D eigenvalue weighted by molar-refractivity contribution is 5.74. The average molecular weight is 331 g/mol. The number of nitrogens with one attached hydrogen (secondary N) is 2. The number of carbonyl (C=O) groups is 1. The number of methoxy groups -OCH3 is 1. The van der Waals surface area contributed by atoms with Gasteiger partial charge in [-0.1, -0.05) is 6.07 Å². The molecule has 0 aliphatic rings. The van der Waals surface area contributed by atoms with Crippen molar-refractivity contribution in [3.05, 3.63) is 58.8 Å². The van der Waals surface area contributed by atoms with E-state index < -0.39 is 17.9 Å². The zero-order valence-corrected chi connectivity index (χ0v) is 13.4. The molecule has 0 aliphatic heterocycles. The Bertz CT molecular complexity index is 752. The van der Waals surface area contributed by atoms with E-state index in [1.54, 1.807) is 19.1 Å². The molecule has 2 amide bonds. The van der Waals surface area contributed by atoms with Crippen molar-refractivity contribution in [2.45, 2.75) is 19.5 Å². The lowest BCUT2D eigenvalue weighted by atomic mass is 10.1. The molecule has 2 N–H and O–H groups in total. The molecule has 0 spiro atoms. The van der Waals surface area contributed by atoms with Crippen LogP contribution in [0.15, 0.2) is 34.7 Å². The van der Waals surface area contributed by atoms with Crippen molar-refractivity contribution in [2.24, 2.45) is 0 Å². The SMILES string of the molecule is COCC(NC(=O)NCc1ccc(C#N)cc1F)c1ccc(C)o1. The Balaban J connectivity index is 1.95. The second-order valence-electron chi connectivity index (χ2n) is 5.20. The fourth-order valence-electron chi connectivity index (χ4n) is 2.15. The topological polar surface area (TPSA) is 87.3 Å². The molecule has 2 aromatic rings. The smallest absolute Gasteiger partial charge is 0.315 e. The normalized spacial score (nSPS) is 11.6. The number of rotatable bonds is 6. The monoisotopic (exact) mass is 331 g/mol.